The minimum atomic E-state index is -0.755. The van der Waals surface area contributed by atoms with E-state index in [9.17, 15) is 14.4 Å². The third-order valence-corrected chi connectivity index (χ3v) is 10.9. The van der Waals surface area contributed by atoms with E-state index in [4.69, 9.17) is 14.2 Å². The van der Waals surface area contributed by atoms with E-state index < -0.39 is 6.10 Å². The van der Waals surface area contributed by atoms with Crippen molar-refractivity contribution in [2.24, 2.45) is 0 Å². The second-order valence-electron chi connectivity index (χ2n) is 16.4. The molecule has 0 N–H and O–H groups in total. The number of esters is 3. The molecule has 0 aromatic carbocycles. The van der Waals surface area contributed by atoms with Crippen LogP contribution in [0.3, 0.4) is 0 Å². The van der Waals surface area contributed by atoms with Crippen LogP contribution in [-0.2, 0) is 28.6 Å². The lowest BCUT2D eigenvalue weighted by Gasteiger charge is -2.18. The van der Waals surface area contributed by atoms with Gasteiger partial charge in [0.2, 0.25) is 0 Å². The molecule has 6 nitrogen and oxygen atoms in total. The molecule has 54 heavy (non-hydrogen) atoms. The lowest BCUT2D eigenvalue weighted by Crippen LogP contribution is -2.30. The average molecular weight is 765 g/mol. The Kier molecular flexibility index (Phi) is 42.8. The first kappa shape index (κ1) is 52.4. The highest BCUT2D eigenvalue weighted by molar-refractivity contribution is 5.71. The van der Waals surface area contributed by atoms with Gasteiger partial charge in [-0.25, -0.2) is 0 Å². The normalized spacial score (nSPS) is 11.8. The largest absolute Gasteiger partial charge is 0.462 e. The summed E-state index contributed by atoms with van der Waals surface area (Å²) in [5.41, 5.74) is 0. The molecule has 0 amide bonds. The molecule has 0 rings (SSSR count). The minimum Gasteiger partial charge on any atom is -0.462 e. The van der Waals surface area contributed by atoms with E-state index in [-0.39, 0.29) is 31.1 Å². The molecule has 0 aliphatic rings. The second kappa shape index (κ2) is 44.1. The van der Waals surface area contributed by atoms with Crippen molar-refractivity contribution in [2.75, 3.05) is 13.2 Å². The van der Waals surface area contributed by atoms with Crippen LogP contribution in [-0.4, -0.2) is 37.2 Å². The minimum absolute atomic E-state index is 0.0647. The van der Waals surface area contributed by atoms with Crippen LogP contribution in [0.25, 0.3) is 0 Å². The van der Waals surface area contributed by atoms with E-state index in [1.165, 1.54) is 167 Å². The number of hydrogen-bond acceptors (Lipinski definition) is 6. The number of unbranched alkanes of at least 4 members (excludes halogenated alkanes) is 33. The van der Waals surface area contributed by atoms with Gasteiger partial charge in [0.1, 0.15) is 13.2 Å². The zero-order chi connectivity index (χ0) is 39.4. The molecule has 0 aromatic heterocycles. The molecule has 0 heterocycles. The molecule has 6 heteroatoms. The Morgan fingerprint density at radius 2 is 0.500 bits per heavy atom. The summed E-state index contributed by atoms with van der Waals surface area (Å²) in [6.45, 7) is 6.54. The molecular weight excluding hydrogens is 673 g/mol. The van der Waals surface area contributed by atoms with Gasteiger partial charge in [0.15, 0.2) is 6.10 Å². The highest BCUT2D eigenvalue weighted by Crippen LogP contribution is 2.17. The van der Waals surface area contributed by atoms with Gasteiger partial charge in [-0.05, 0) is 19.3 Å². The number of hydrogen-bond donors (Lipinski definition) is 0. The summed E-state index contributed by atoms with van der Waals surface area (Å²) < 4.78 is 16.5. The molecule has 0 aliphatic carbocycles. The van der Waals surface area contributed by atoms with Crippen molar-refractivity contribution < 1.29 is 28.6 Å². The summed E-state index contributed by atoms with van der Waals surface area (Å²) in [5.74, 6) is -0.874. The molecular formula is C48H92O6. The van der Waals surface area contributed by atoms with Crippen molar-refractivity contribution in [1.29, 1.82) is 0 Å². The Bertz CT molecular complexity index is 798. The first-order valence-corrected chi connectivity index (χ1v) is 24.0. The van der Waals surface area contributed by atoms with Crippen LogP contribution in [0.4, 0.5) is 0 Å². The van der Waals surface area contributed by atoms with E-state index in [2.05, 4.69) is 20.8 Å². The molecule has 320 valence electrons. The van der Waals surface area contributed by atoms with Gasteiger partial charge in [0, 0.05) is 19.3 Å². The maximum absolute atomic E-state index is 12.5. The van der Waals surface area contributed by atoms with Gasteiger partial charge < -0.3 is 14.2 Å². The van der Waals surface area contributed by atoms with Crippen LogP contribution in [0.2, 0.25) is 0 Å². The molecule has 0 saturated carbocycles. The summed E-state index contributed by atoms with van der Waals surface area (Å²) >= 11 is 0. The maximum Gasteiger partial charge on any atom is 0.306 e. The van der Waals surface area contributed by atoms with Gasteiger partial charge in [-0.15, -0.1) is 0 Å². The molecule has 0 radical (unpaired) electrons. The summed E-state index contributed by atoms with van der Waals surface area (Å²) in [5, 5.41) is 0. The first-order chi connectivity index (χ1) is 26.5. The number of carbonyl (C=O) groups is 3. The molecule has 0 bridgehead atoms. The predicted octanol–water partition coefficient (Wildman–Crippen LogP) is 15.3. The van der Waals surface area contributed by atoms with E-state index >= 15 is 0 Å². The molecule has 0 aromatic rings. The quantitative estimate of drug-likeness (QED) is 0.0349. The van der Waals surface area contributed by atoms with Crippen LogP contribution in [0.15, 0.2) is 0 Å². The fourth-order valence-corrected chi connectivity index (χ4v) is 7.21. The fourth-order valence-electron chi connectivity index (χ4n) is 7.21. The third kappa shape index (κ3) is 41.6. The van der Waals surface area contributed by atoms with Gasteiger partial charge in [-0.3, -0.25) is 14.4 Å². The number of ether oxygens (including phenoxy) is 3. The highest BCUT2D eigenvalue weighted by Gasteiger charge is 2.19. The molecule has 0 aliphatic heterocycles. The smallest absolute Gasteiger partial charge is 0.306 e. The van der Waals surface area contributed by atoms with Crippen molar-refractivity contribution in [3.8, 4) is 0 Å². The van der Waals surface area contributed by atoms with Gasteiger partial charge in [-0.2, -0.15) is 0 Å². The fraction of sp³-hybridized carbons (Fsp3) is 0.938. The van der Waals surface area contributed by atoms with Crippen molar-refractivity contribution in [3.05, 3.63) is 0 Å². The zero-order valence-corrected chi connectivity index (χ0v) is 36.5. The summed E-state index contributed by atoms with van der Waals surface area (Å²) in [6, 6.07) is 0. The zero-order valence-electron chi connectivity index (χ0n) is 36.5. The van der Waals surface area contributed by atoms with Crippen molar-refractivity contribution in [3.63, 3.8) is 0 Å². The molecule has 0 saturated heterocycles. The Labute approximate surface area is 336 Å². The Morgan fingerprint density at radius 1 is 0.296 bits per heavy atom. The molecule has 0 spiro atoms. The van der Waals surface area contributed by atoms with E-state index in [0.717, 1.165) is 64.2 Å². The second-order valence-corrected chi connectivity index (χ2v) is 16.4. The summed E-state index contributed by atoms with van der Waals surface area (Å²) in [6.07, 6.45) is 45.8. The first-order valence-electron chi connectivity index (χ1n) is 24.0. The Morgan fingerprint density at radius 3 is 0.741 bits per heavy atom. The van der Waals surface area contributed by atoms with Gasteiger partial charge in [-0.1, -0.05) is 233 Å². The molecule has 1 unspecified atom stereocenters. The van der Waals surface area contributed by atoms with Crippen LogP contribution >= 0.6 is 0 Å². The summed E-state index contributed by atoms with van der Waals surface area (Å²) in [7, 11) is 0. The van der Waals surface area contributed by atoms with E-state index in [0.29, 0.717) is 19.3 Å². The summed E-state index contributed by atoms with van der Waals surface area (Å²) in [4.78, 5) is 37.3. The van der Waals surface area contributed by atoms with Crippen LogP contribution in [0, 0.1) is 0 Å². The number of rotatable bonds is 44. The lowest BCUT2D eigenvalue weighted by molar-refractivity contribution is -0.167. The van der Waals surface area contributed by atoms with Crippen molar-refractivity contribution in [1.82, 2.24) is 0 Å². The van der Waals surface area contributed by atoms with Gasteiger partial charge >= 0.3 is 17.9 Å². The lowest BCUT2D eigenvalue weighted by atomic mass is 10.0. The standard InChI is InChI=1S/C48H92O6/c1-4-7-10-13-15-16-17-18-19-20-21-22-23-24-25-26-27-28-29-30-31-33-35-38-41-47(50)53-44-45(43-52-46(49)40-37-34-12-9-6-3)54-48(51)42-39-36-32-14-11-8-5-2/h45H,4-44H2,1-3H3. The van der Waals surface area contributed by atoms with E-state index in [1.807, 2.05) is 0 Å². The van der Waals surface area contributed by atoms with Gasteiger partial charge in [0.05, 0.1) is 0 Å². The Hall–Kier alpha value is -1.59. The average Bonchev–Trinajstić information content (AvgIpc) is 3.17. The third-order valence-electron chi connectivity index (χ3n) is 10.9. The number of carbonyl (C=O) groups excluding carboxylic acids is 3. The van der Waals surface area contributed by atoms with Crippen molar-refractivity contribution in [2.45, 2.75) is 277 Å². The maximum atomic E-state index is 12.5. The predicted molar refractivity (Wildman–Crippen MR) is 229 cm³/mol. The van der Waals surface area contributed by atoms with Crippen LogP contribution in [0.1, 0.15) is 271 Å². The molecule has 0 fully saturated rings. The topological polar surface area (TPSA) is 78.9 Å². The highest BCUT2D eigenvalue weighted by atomic mass is 16.6. The van der Waals surface area contributed by atoms with Crippen LogP contribution < -0.4 is 0 Å². The van der Waals surface area contributed by atoms with E-state index in [1.54, 1.807) is 0 Å². The van der Waals surface area contributed by atoms with Gasteiger partial charge in [0.25, 0.3) is 0 Å². The molecule has 1 atom stereocenters. The van der Waals surface area contributed by atoms with Crippen molar-refractivity contribution >= 4 is 17.9 Å². The monoisotopic (exact) mass is 765 g/mol. The SMILES string of the molecule is CCCCCCCCCCCCCCCCCCCCCCCCCCC(=O)OCC(COC(=O)CCCCCCC)OC(=O)CCCCCCCCC. The van der Waals surface area contributed by atoms with Crippen LogP contribution in [0.5, 0.6) is 0 Å². The Balaban J connectivity index is 3.89.